The van der Waals surface area contributed by atoms with Crippen LogP contribution in [-0.2, 0) is 12.8 Å². The first-order valence-electron chi connectivity index (χ1n) is 6.19. The smallest absolute Gasteiger partial charge is 0.119 e. The number of pyridine rings is 1. The van der Waals surface area contributed by atoms with Crippen molar-refractivity contribution in [1.82, 2.24) is 4.98 Å². The van der Waals surface area contributed by atoms with Gasteiger partial charge in [0.15, 0.2) is 0 Å². The second-order valence-corrected chi connectivity index (χ2v) is 4.14. The van der Waals surface area contributed by atoms with Crippen LogP contribution in [0.4, 0.5) is 0 Å². The molecule has 0 radical (unpaired) electrons. The minimum absolute atomic E-state index is 0.667. The van der Waals surface area contributed by atoms with E-state index in [1.165, 1.54) is 11.1 Å². The highest BCUT2D eigenvalue weighted by Gasteiger charge is 1.97. The molecule has 2 N–H and O–H groups in total. The molecule has 94 valence electrons. The van der Waals surface area contributed by atoms with Gasteiger partial charge in [0, 0.05) is 18.8 Å². The molecule has 0 aliphatic heterocycles. The van der Waals surface area contributed by atoms with Crippen molar-refractivity contribution in [2.75, 3.05) is 13.2 Å². The number of hydrogen-bond donors (Lipinski definition) is 1. The van der Waals surface area contributed by atoms with E-state index < -0.39 is 0 Å². The van der Waals surface area contributed by atoms with Gasteiger partial charge >= 0.3 is 0 Å². The lowest BCUT2D eigenvalue weighted by molar-refractivity contribution is 0.321. The summed E-state index contributed by atoms with van der Waals surface area (Å²) < 4.78 is 5.74. The Morgan fingerprint density at radius 2 is 1.83 bits per heavy atom. The second kappa shape index (κ2) is 6.77. The van der Waals surface area contributed by atoms with Crippen LogP contribution in [0.1, 0.15) is 11.1 Å². The third-order valence-electron chi connectivity index (χ3n) is 2.74. The Morgan fingerprint density at radius 1 is 1.00 bits per heavy atom. The van der Waals surface area contributed by atoms with Gasteiger partial charge in [-0.2, -0.15) is 0 Å². The fourth-order valence-corrected chi connectivity index (χ4v) is 1.79. The van der Waals surface area contributed by atoms with Crippen molar-refractivity contribution < 1.29 is 4.74 Å². The van der Waals surface area contributed by atoms with Crippen LogP contribution in [0.3, 0.4) is 0 Å². The molecule has 0 fully saturated rings. The van der Waals surface area contributed by atoms with E-state index in [-0.39, 0.29) is 0 Å². The van der Waals surface area contributed by atoms with E-state index >= 15 is 0 Å². The molecular weight excluding hydrogens is 224 g/mol. The van der Waals surface area contributed by atoms with E-state index in [9.17, 15) is 0 Å². The topological polar surface area (TPSA) is 48.1 Å². The third kappa shape index (κ3) is 3.86. The fourth-order valence-electron chi connectivity index (χ4n) is 1.79. The number of benzene rings is 1. The van der Waals surface area contributed by atoms with Gasteiger partial charge in [0.05, 0.1) is 6.61 Å². The normalized spacial score (nSPS) is 10.3. The molecule has 2 rings (SSSR count). The molecule has 1 aromatic heterocycles. The van der Waals surface area contributed by atoms with Gasteiger partial charge in [-0.1, -0.05) is 12.1 Å². The molecule has 1 aromatic carbocycles. The molecule has 0 bridgehead atoms. The van der Waals surface area contributed by atoms with Crippen molar-refractivity contribution in [3.05, 3.63) is 59.9 Å². The summed E-state index contributed by atoms with van der Waals surface area (Å²) in [6, 6.07) is 12.1. The van der Waals surface area contributed by atoms with E-state index in [1.807, 2.05) is 24.3 Å². The molecule has 2 aromatic rings. The van der Waals surface area contributed by atoms with Crippen molar-refractivity contribution in [2.24, 2.45) is 5.73 Å². The minimum atomic E-state index is 0.667. The first-order chi connectivity index (χ1) is 8.88. The molecule has 0 unspecified atom stereocenters. The van der Waals surface area contributed by atoms with Gasteiger partial charge < -0.3 is 10.5 Å². The summed E-state index contributed by atoms with van der Waals surface area (Å²) in [7, 11) is 0. The maximum atomic E-state index is 5.74. The van der Waals surface area contributed by atoms with Crippen molar-refractivity contribution in [3.63, 3.8) is 0 Å². The lowest BCUT2D eigenvalue weighted by Gasteiger charge is -2.07. The number of nitrogens with two attached hydrogens (primary N) is 1. The van der Waals surface area contributed by atoms with E-state index in [2.05, 4.69) is 17.1 Å². The average molecular weight is 242 g/mol. The van der Waals surface area contributed by atoms with Crippen LogP contribution in [0.25, 0.3) is 0 Å². The zero-order valence-electron chi connectivity index (χ0n) is 10.4. The van der Waals surface area contributed by atoms with Crippen LogP contribution < -0.4 is 10.5 Å². The summed E-state index contributed by atoms with van der Waals surface area (Å²) in [5.74, 6) is 0.912. The van der Waals surface area contributed by atoms with Gasteiger partial charge in [-0.15, -0.1) is 0 Å². The van der Waals surface area contributed by atoms with Crippen molar-refractivity contribution in [1.29, 1.82) is 0 Å². The van der Waals surface area contributed by atoms with Crippen LogP contribution in [0, 0.1) is 0 Å². The zero-order valence-corrected chi connectivity index (χ0v) is 10.4. The summed E-state index contributed by atoms with van der Waals surface area (Å²) in [5, 5.41) is 0. The lowest BCUT2D eigenvalue weighted by atomic mass is 10.1. The molecule has 0 aliphatic carbocycles. The maximum absolute atomic E-state index is 5.74. The Balaban J connectivity index is 1.84. The van der Waals surface area contributed by atoms with Crippen molar-refractivity contribution >= 4 is 0 Å². The third-order valence-corrected chi connectivity index (χ3v) is 2.74. The van der Waals surface area contributed by atoms with Gasteiger partial charge in [0.1, 0.15) is 5.75 Å². The van der Waals surface area contributed by atoms with Crippen molar-refractivity contribution in [3.8, 4) is 5.75 Å². The largest absolute Gasteiger partial charge is 0.493 e. The van der Waals surface area contributed by atoms with Gasteiger partial charge in [-0.25, -0.2) is 0 Å². The summed E-state index contributed by atoms with van der Waals surface area (Å²) in [5.41, 5.74) is 8.00. The monoisotopic (exact) mass is 242 g/mol. The molecule has 18 heavy (non-hydrogen) atoms. The highest BCUT2D eigenvalue weighted by molar-refractivity contribution is 5.28. The molecule has 0 saturated heterocycles. The average Bonchev–Trinajstić information content (AvgIpc) is 2.41. The van der Waals surface area contributed by atoms with Crippen LogP contribution in [0.15, 0.2) is 48.8 Å². The molecule has 3 nitrogen and oxygen atoms in total. The predicted octanol–water partition coefficient (Wildman–Crippen LogP) is 2.20. The second-order valence-electron chi connectivity index (χ2n) is 4.14. The molecule has 0 atom stereocenters. The summed E-state index contributed by atoms with van der Waals surface area (Å²) >= 11 is 0. The Bertz CT molecular complexity index is 471. The van der Waals surface area contributed by atoms with Gasteiger partial charge in [-0.05, 0) is 48.4 Å². The van der Waals surface area contributed by atoms with E-state index in [1.54, 1.807) is 12.4 Å². The molecule has 0 saturated carbocycles. The van der Waals surface area contributed by atoms with E-state index in [0.717, 1.165) is 18.6 Å². The first-order valence-corrected chi connectivity index (χ1v) is 6.19. The van der Waals surface area contributed by atoms with Crippen LogP contribution in [-0.4, -0.2) is 18.1 Å². The molecule has 1 heterocycles. The number of nitrogens with zero attached hydrogens (tertiary/aromatic N) is 1. The number of ether oxygens (including phenoxy) is 1. The maximum Gasteiger partial charge on any atom is 0.119 e. The Kier molecular flexibility index (Phi) is 4.73. The van der Waals surface area contributed by atoms with Gasteiger partial charge in [0.25, 0.3) is 0 Å². The van der Waals surface area contributed by atoms with Gasteiger partial charge in [0.2, 0.25) is 0 Å². The standard InChI is InChI=1S/C15H18N2O/c16-8-4-14-2-1-3-15(12-14)18-11-7-13-5-9-17-10-6-13/h1-3,5-6,9-10,12H,4,7-8,11,16H2. The molecule has 0 amide bonds. The Morgan fingerprint density at radius 3 is 2.61 bits per heavy atom. The zero-order chi connectivity index (χ0) is 12.6. The SMILES string of the molecule is NCCc1cccc(OCCc2ccncc2)c1. The number of aromatic nitrogens is 1. The van der Waals surface area contributed by atoms with Gasteiger partial charge in [-0.3, -0.25) is 4.98 Å². The highest BCUT2D eigenvalue weighted by atomic mass is 16.5. The van der Waals surface area contributed by atoms with Crippen LogP contribution >= 0.6 is 0 Å². The van der Waals surface area contributed by atoms with Crippen LogP contribution in [0.2, 0.25) is 0 Å². The summed E-state index contributed by atoms with van der Waals surface area (Å²) in [6.07, 6.45) is 5.39. The van der Waals surface area contributed by atoms with Crippen molar-refractivity contribution in [2.45, 2.75) is 12.8 Å². The molecule has 0 spiro atoms. The molecular formula is C15H18N2O. The van der Waals surface area contributed by atoms with E-state index in [0.29, 0.717) is 13.2 Å². The number of hydrogen-bond acceptors (Lipinski definition) is 3. The Hall–Kier alpha value is -1.87. The Labute approximate surface area is 108 Å². The lowest BCUT2D eigenvalue weighted by Crippen LogP contribution is -2.04. The first kappa shape index (κ1) is 12.6. The van der Waals surface area contributed by atoms with Crippen LogP contribution in [0.5, 0.6) is 5.75 Å². The predicted molar refractivity (Wildman–Crippen MR) is 72.6 cm³/mol. The fraction of sp³-hybridized carbons (Fsp3) is 0.267. The molecule has 0 aliphatic rings. The summed E-state index contributed by atoms with van der Waals surface area (Å²) in [6.45, 7) is 1.34. The number of rotatable bonds is 6. The quantitative estimate of drug-likeness (QED) is 0.844. The summed E-state index contributed by atoms with van der Waals surface area (Å²) in [4.78, 5) is 3.99. The molecule has 3 heteroatoms. The van der Waals surface area contributed by atoms with E-state index in [4.69, 9.17) is 10.5 Å². The highest BCUT2D eigenvalue weighted by Crippen LogP contribution is 2.14. The minimum Gasteiger partial charge on any atom is -0.493 e.